The molecule has 2 aromatic rings. The molecule has 0 saturated heterocycles. The molecule has 0 aliphatic heterocycles. The van der Waals surface area contributed by atoms with E-state index in [4.69, 9.17) is 5.73 Å². The van der Waals surface area contributed by atoms with Gasteiger partial charge in [-0.05, 0) is 17.7 Å². The van der Waals surface area contributed by atoms with E-state index in [1.807, 2.05) is 0 Å². The first kappa shape index (κ1) is 12.5. The van der Waals surface area contributed by atoms with Crippen LogP contribution in [0.5, 0.6) is 0 Å². The van der Waals surface area contributed by atoms with Crippen molar-refractivity contribution in [1.29, 1.82) is 0 Å². The Kier molecular flexibility index (Phi) is 3.04. The summed E-state index contributed by atoms with van der Waals surface area (Å²) in [7, 11) is 0. The van der Waals surface area contributed by atoms with E-state index < -0.39 is 23.6 Å². The van der Waals surface area contributed by atoms with Gasteiger partial charge < -0.3 is 5.73 Å². The van der Waals surface area contributed by atoms with E-state index in [-0.39, 0.29) is 11.4 Å². The second-order valence-electron chi connectivity index (χ2n) is 3.59. The van der Waals surface area contributed by atoms with Gasteiger partial charge in [0.05, 0.1) is 11.6 Å². The van der Waals surface area contributed by atoms with Crippen LogP contribution in [0.25, 0.3) is 0 Å². The number of hydrogen-bond donors (Lipinski definition) is 2. The minimum Gasteiger partial charge on any atom is -0.318 e. The summed E-state index contributed by atoms with van der Waals surface area (Å²) in [5.41, 5.74) is 4.45. The van der Waals surface area contributed by atoms with Gasteiger partial charge in [0.1, 0.15) is 18.0 Å². The van der Waals surface area contributed by atoms with E-state index >= 15 is 0 Å². The Morgan fingerprint density at radius 1 is 1.28 bits per heavy atom. The second-order valence-corrected chi connectivity index (χ2v) is 3.59. The predicted molar refractivity (Wildman–Crippen MR) is 53.8 cm³/mol. The fourth-order valence-electron chi connectivity index (χ4n) is 1.48. The van der Waals surface area contributed by atoms with Gasteiger partial charge in [0.25, 0.3) is 0 Å². The Hall–Kier alpha value is -1.96. The van der Waals surface area contributed by atoms with Gasteiger partial charge in [-0.25, -0.2) is 9.37 Å². The second kappa shape index (κ2) is 4.37. The lowest BCUT2D eigenvalue weighted by Crippen LogP contribution is -2.16. The first-order chi connectivity index (χ1) is 8.39. The summed E-state index contributed by atoms with van der Waals surface area (Å²) in [4.78, 5) is 3.74. The van der Waals surface area contributed by atoms with Crippen LogP contribution in [0.1, 0.15) is 23.0 Å². The molecule has 0 radical (unpaired) electrons. The van der Waals surface area contributed by atoms with Crippen molar-refractivity contribution in [2.24, 2.45) is 5.73 Å². The molecule has 8 heteroatoms. The SMILES string of the molecule is NC(c1ccc(F)c(C(F)(F)F)c1)c1ncn[nH]1. The van der Waals surface area contributed by atoms with Gasteiger partial charge in [-0.1, -0.05) is 6.07 Å². The van der Waals surface area contributed by atoms with Gasteiger partial charge >= 0.3 is 6.18 Å². The molecule has 3 N–H and O–H groups in total. The average Bonchev–Trinajstić information content (AvgIpc) is 2.80. The number of H-pyrrole nitrogens is 1. The fraction of sp³-hybridized carbons (Fsp3) is 0.200. The Balaban J connectivity index is 2.42. The third-order valence-electron chi connectivity index (χ3n) is 2.38. The summed E-state index contributed by atoms with van der Waals surface area (Å²) in [5, 5.41) is 5.99. The van der Waals surface area contributed by atoms with Gasteiger partial charge in [0, 0.05) is 0 Å². The van der Waals surface area contributed by atoms with E-state index in [2.05, 4.69) is 15.2 Å². The molecule has 96 valence electrons. The van der Waals surface area contributed by atoms with Crippen molar-refractivity contribution in [2.75, 3.05) is 0 Å². The first-order valence-corrected chi connectivity index (χ1v) is 4.87. The molecule has 4 nitrogen and oxygen atoms in total. The Morgan fingerprint density at radius 2 is 2.00 bits per heavy atom. The summed E-state index contributed by atoms with van der Waals surface area (Å²) in [6, 6.07) is 1.66. The van der Waals surface area contributed by atoms with E-state index in [0.717, 1.165) is 6.07 Å². The third kappa shape index (κ3) is 2.33. The minimum absolute atomic E-state index is 0.0977. The van der Waals surface area contributed by atoms with Gasteiger partial charge in [0.15, 0.2) is 0 Å². The molecular formula is C10H8F4N4. The van der Waals surface area contributed by atoms with Gasteiger partial charge in [0.2, 0.25) is 0 Å². The Bertz CT molecular complexity index is 535. The molecule has 1 heterocycles. The molecule has 1 atom stereocenters. The van der Waals surface area contributed by atoms with Crippen LogP contribution in [0.15, 0.2) is 24.5 Å². The van der Waals surface area contributed by atoms with Crippen LogP contribution in [0, 0.1) is 5.82 Å². The number of hydrogen-bond acceptors (Lipinski definition) is 3. The summed E-state index contributed by atoms with van der Waals surface area (Å²) >= 11 is 0. The highest BCUT2D eigenvalue weighted by Crippen LogP contribution is 2.33. The summed E-state index contributed by atoms with van der Waals surface area (Å²) in [5.74, 6) is -1.13. The maximum absolute atomic E-state index is 13.1. The highest BCUT2D eigenvalue weighted by molar-refractivity contribution is 5.31. The summed E-state index contributed by atoms with van der Waals surface area (Å²) in [6.07, 6.45) is -3.58. The van der Waals surface area contributed by atoms with Crippen LogP contribution in [0.4, 0.5) is 17.6 Å². The molecule has 0 fully saturated rings. The van der Waals surface area contributed by atoms with Gasteiger partial charge in [-0.3, -0.25) is 5.10 Å². The van der Waals surface area contributed by atoms with Gasteiger partial charge in [-0.2, -0.15) is 18.3 Å². The van der Waals surface area contributed by atoms with Crippen molar-refractivity contribution in [2.45, 2.75) is 12.2 Å². The van der Waals surface area contributed by atoms with Crippen LogP contribution in [-0.2, 0) is 6.18 Å². The zero-order chi connectivity index (χ0) is 13.3. The molecule has 18 heavy (non-hydrogen) atoms. The van der Waals surface area contributed by atoms with Crippen molar-refractivity contribution in [1.82, 2.24) is 15.2 Å². The number of aromatic nitrogens is 3. The Labute approximate surface area is 98.8 Å². The number of aromatic amines is 1. The van der Waals surface area contributed by atoms with Gasteiger partial charge in [-0.15, -0.1) is 0 Å². The Morgan fingerprint density at radius 3 is 2.56 bits per heavy atom. The van der Waals surface area contributed by atoms with E-state index in [1.165, 1.54) is 12.4 Å². The normalized spacial score (nSPS) is 13.6. The van der Waals surface area contributed by atoms with Crippen LogP contribution < -0.4 is 5.73 Å². The standard InChI is InChI=1S/C10H8F4N4/c11-7-2-1-5(3-6(7)10(12,13)14)8(15)9-16-4-17-18-9/h1-4,8H,15H2,(H,16,17,18). The lowest BCUT2D eigenvalue weighted by atomic mass is 10.0. The van der Waals surface area contributed by atoms with E-state index in [1.54, 1.807) is 0 Å². The van der Waals surface area contributed by atoms with Crippen LogP contribution in [-0.4, -0.2) is 15.2 Å². The van der Waals surface area contributed by atoms with E-state index in [0.29, 0.717) is 6.07 Å². The lowest BCUT2D eigenvalue weighted by molar-refractivity contribution is -0.140. The molecule has 1 unspecified atom stereocenters. The molecule has 0 bridgehead atoms. The largest absolute Gasteiger partial charge is 0.419 e. The maximum Gasteiger partial charge on any atom is 0.419 e. The van der Waals surface area contributed by atoms with Crippen molar-refractivity contribution in [3.05, 3.63) is 47.3 Å². The molecule has 1 aromatic carbocycles. The molecule has 2 rings (SSSR count). The molecule has 0 saturated carbocycles. The van der Waals surface area contributed by atoms with Crippen molar-refractivity contribution in [3.63, 3.8) is 0 Å². The number of nitrogens with zero attached hydrogens (tertiary/aromatic N) is 2. The predicted octanol–water partition coefficient (Wildman–Crippen LogP) is 2.01. The average molecular weight is 260 g/mol. The number of rotatable bonds is 2. The number of halogens is 4. The lowest BCUT2D eigenvalue weighted by Gasteiger charge is -2.13. The molecule has 0 aliphatic carbocycles. The smallest absolute Gasteiger partial charge is 0.318 e. The van der Waals surface area contributed by atoms with Crippen molar-refractivity contribution < 1.29 is 17.6 Å². The molecule has 1 aromatic heterocycles. The fourth-order valence-corrected chi connectivity index (χ4v) is 1.48. The molecule has 0 amide bonds. The quantitative estimate of drug-likeness (QED) is 0.811. The summed E-state index contributed by atoms with van der Waals surface area (Å²) < 4.78 is 50.6. The number of nitrogens with two attached hydrogens (primary N) is 1. The summed E-state index contributed by atoms with van der Waals surface area (Å²) in [6.45, 7) is 0. The highest BCUT2D eigenvalue weighted by Gasteiger charge is 2.34. The van der Waals surface area contributed by atoms with E-state index in [9.17, 15) is 17.6 Å². The highest BCUT2D eigenvalue weighted by atomic mass is 19.4. The first-order valence-electron chi connectivity index (χ1n) is 4.87. The molecule has 0 aliphatic rings. The van der Waals surface area contributed by atoms with Crippen molar-refractivity contribution >= 4 is 0 Å². The maximum atomic E-state index is 13.1. The van der Waals surface area contributed by atoms with Crippen LogP contribution >= 0.6 is 0 Å². The van der Waals surface area contributed by atoms with Crippen LogP contribution in [0.3, 0.4) is 0 Å². The number of alkyl halides is 3. The van der Waals surface area contributed by atoms with Crippen LogP contribution in [0.2, 0.25) is 0 Å². The number of benzene rings is 1. The topological polar surface area (TPSA) is 67.6 Å². The minimum atomic E-state index is -4.76. The molecule has 0 spiro atoms. The third-order valence-corrected chi connectivity index (χ3v) is 2.38. The zero-order valence-corrected chi connectivity index (χ0v) is 8.87. The van der Waals surface area contributed by atoms with Crippen molar-refractivity contribution in [3.8, 4) is 0 Å². The molecular weight excluding hydrogens is 252 g/mol. The monoisotopic (exact) mass is 260 g/mol. The number of nitrogens with one attached hydrogen (secondary N) is 1. The zero-order valence-electron chi connectivity index (χ0n) is 8.87.